The molecule has 1 aromatic heterocycles. The zero-order valence-corrected chi connectivity index (χ0v) is 10.4. The summed E-state index contributed by atoms with van der Waals surface area (Å²) >= 11 is 1.80. The van der Waals surface area contributed by atoms with Crippen LogP contribution in [0.5, 0.6) is 0 Å². The van der Waals surface area contributed by atoms with Gasteiger partial charge in [0, 0.05) is 23.5 Å². The summed E-state index contributed by atoms with van der Waals surface area (Å²) in [5, 5.41) is 0. The van der Waals surface area contributed by atoms with Crippen LogP contribution in [0, 0.1) is 12.8 Å². The Kier molecular flexibility index (Phi) is 5.25. The molecule has 0 spiro atoms. The van der Waals surface area contributed by atoms with Crippen LogP contribution in [0.4, 0.5) is 0 Å². The molecule has 1 heterocycles. The van der Waals surface area contributed by atoms with Gasteiger partial charge in [0.15, 0.2) is 0 Å². The number of nitrogens with one attached hydrogen (secondary N) is 1. The fourth-order valence-corrected chi connectivity index (χ4v) is 2.69. The first-order valence-corrected chi connectivity index (χ1v) is 6.02. The van der Waals surface area contributed by atoms with Crippen LogP contribution in [0.1, 0.15) is 29.1 Å². The molecule has 0 bridgehead atoms. The third-order valence-corrected chi connectivity index (χ3v) is 3.68. The normalized spacial score (nSPS) is 15.2. The fourth-order valence-electron chi connectivity index (χ4n) is 1.62. The Morgan fingerprint density at radius 3 is 2.73 bits per heavy atom. The first-order chi connectivity index (χ1) is 7.19. The molecule has 1 rings (SSSR count). The molecule has 0 aliphatic rings. The SMILES string of the molecule is COCCC(C)C(NN)c1ccc(C)s1. The quantitative estimate of drug-likeness (QED) is 0.580. The molecule has 0 saturated heterocycles. The summed E-state index contributed by atoms with van der Waals surface area (Å²) in [5.41, 5.74) is 2.90. The topological polar surface area (TPSA) is 47.3 Å². The molecule has 0 aliphatic heterocycles. The first-order valence-electron chi connectivity index (χ1n) is 5.20. The van der Waals surface area contributed by atoms with Crippen molar-refractivity contribution in [1.82, 2.24) is 5.43 Å². The minimum atomic E-state index is 0.235. The van der Waals surface area contributed by atoms with E-state index in [0.29, 0.717) is 5.92 Å². The Labute approximate surface area is 95.6 Å². The van der Waals surface area contributed by atoms with Gasteiger partial charge in [0.05, 0.1) is 6.04 Å². The number of rotatable bonds is 6. The summed E-state index contributed by atoms with van der Waals surface area (Å²) in [6.45, 7) is 5.09. The van der Waals surface area contributed by atoms with Crippen molar-refractivity contribution in [2.75, 3.05) is 13.7 Å². The molecule has 0 amide bonds. The third-order valence-electron chi connectivity index (χ3n) is 2.59. The summed E-state index contributed by atoms with van der Waals surface area (Å²) in [6, 6.07) is 4.51. The van der Waals surface area contributed by atoms with Gasteiger partial charge < -0.3 is 4.74 Å². The highest BCUT2D eigenvalue weighted by molar-refractivity contribution is 7.12. The van der Waals surface area contributed by atoms with Gasteiger partial charge in [-0.2, -0.15) is 0 Å². The number of ether oxygens (including phenoxy) is 1. The van der Waals surface area contributed by atoms with E-state index in [1.165, 1.54) is 9.75 Å². The Morgan fingerprint density at radius 1 is 1.53 bits per heavy atom. The van der Waals surface area contributed by atoms with Crippen molar-refractivity contribution < 1.29 is 4.74 Å². The molecule has 4 heteroatoms. The van der Waals surface area contributed by atoms with Crippen molar-refractivity contribution in [2.45, 2.75) is 26.3 Å². The van der Waals surface area contributed by atoms with Gasteiger partial charge in [-0.25, -0.2) is 0 Å². The van der Waals surface area contributed by atoms with E-state index < -0.39 is 0 Å². The molecular weight excluding hydrogens is 208 g/mol. The maximum absolute atomic E-state index is 5.60. The second-order valence-corrected chi connectivity index (χ2v) is 5.17. The molecule has 15 heavy (non-hydrogen) atoms. The summed E-state index contributed by atoms with van der Waals surface area (Å²) in [4.78, 5) is 2.63. The molecular formula is C11H20N2OS. The molecule has 0 aromatic carbocycles. The lowest BCUT2D eigenvalue weighted by molar-refractivity contribution is 0.170. The van der Waals surface area contributed by atoms with Gasteiger partial charge in [0.2, 0.25) is 0 Å². The molecule has 0 saturated carbocycles. The Balaban J connectivity index is 2.62. The smallest absolute Gasteiger partial charge is 0.0579 e. The molecule has 3 N–H and O–H groups in total. The molecule has 1 aromatic rings. The number of hydrazine groups is 1. The van der Waals surface area contributed by atoms with E-state index in [1.807, 2.05) is 0 Å². The fraction of sp³-hybridized carbons (Fsp3) is 0.636. The second-order valence-electron chi connectivity index (χ2n) is 3.85. The van der Waals surface area contributed by atoms with E-state index in [2.05, 4.69) is 31.4 Å². The van der Waals surface area contributed by atoms with Crippen molar-refractivity contribution in [1.29, 1.82) is 0 Å². The van der Waals surface area contributed by atoms with E-state index in [4.69, 9.17) is 10.6 Å². The maximum atomic E-state index is 5.60. The summed E-state index contributed by atoms with van der Waals surface area (Å²) in [6.07, 6.45) is 1.02. The van der Waals surface area contributed by atoms with Crippen molar-refractivity contribution >= 4 is 11.3 Å². The van der Waals surface area contributed by atoms with Crippen LogP contribution in [0.25, 0.3) is 0 Å². The minimum Gasteiger partial charge on any atom is -0.385 e. The molecule has 86 valence electrons. The van der Waals surface area contributed by atoms with E-state index in [-0.39, 0.29) is 6.04 Å². The number of aryl methyl sites for hydroxylation is 1. The second kappa shape index (κ2) is 6.23. The summed E-state index contributed by atoms with van der Waals surface area (Å²) < 4.78 is 5.08. The van der Waals surface area contributed by atoms with E-state index >= 15 is 0 Å². The number of thiophene rings is 1. The van der Waals surface area contributed by atoms with Crippen molar-refractivity contribution in [3.8, 4) is 0 Å². The average Bonchev–Trinajstić information content (AvgIpc) is 2.63. The Bertz CT molecular complexity index is 288. The van der Waals surface area contributed by atoms with Crippen LogP contribution in [-0.4, -0.2) is 13.7 Å². The molecule has 2 unspecified atom stereocenters. The van der Waals surface area contributed by atoms with Crippen LogP contribution in [0.2, 0.25) is 0 Å². The van der Waals surface area contributed by atoms with Gasteiger partial charge in [0.1, 0.15) is 0 Å². The number of hydrogen-bond donors (Lipinski definition) is 2. The Hall–Kier alpha value is -0.420. The van der Waals surface area contributed by atoms with Crippen LogP contribution >= 0.6 is 11.3 Å². The molecule has 3 nitrogen and oxygen atoms in total. The van der Waals surface area contributed by atoms with Crippen LogP contribution in [0.3, 0.4) is 0 Å². The summed E-state index contributed by atoms with van der Waals surface area (Å²) in [5.74, 6) is 6.08. The van der Waals surface area contributed by atoms with E-state index in [9.17, 15) is 0 Å². The molecule has 0 fully saturated rings. The van der Waals surface area contributed by atoms with Gasteiger partial charge in [-0.3, -0.25) is 11.3 Å². The molecule has 0 aliphatic carbocycles. The minimum absolute atomic E-state index is 0.235. The van der Waals surface area contributed by atoms with E-state index in [0.717, 1.165) is 13.0 Å². The highest BCUT2D eigenvalue weighted by Gasteiger charge is 2.18. The van der Waals surface area contributed by atoms with Gasteiger partial charge >= 0.3 is 0 Å². The first kappa shape index (κ1) is 12.6. The van der Waals surface area contributed by atoms with Crippen molar-refractivity contribution in [2.24, 2.45) is 11.8 Å². The van der Waals surface area contributed by atoms with Crippen LogP contribution < -0.4 is 11.3 Å². The highest BCUT2D eigenvalue weighted by atomic mass is 32.1. The van der Waals surface area contributed by atoms with Gasteiger partial charge in [-0.15, -0.1) is 11.3 Å². The van der Waals surface area contributed by atoms with E-state index in [1.54, 1.807) is 18.4 Å². The van der Waals surface area contributed by atoms with Crippen molar-refractivity contribution in [3.05, 3.63) is 21.9 Å². The highest BCUT2D eigenvalue weighted by Crippen LogP contribution is 2.29. The lowest BCUT2D eigenvalue weighted by atomic mass is 9.98. The lowest BCUT2D eigenvalue weighted by Crippen LogP contribution is -2.32. The van der Waals surface area contributed by atoms with Gasteiger partial charge in [-0.1, -0.05) is 6.92 Å². The number of nitrogens with two attached hydrogens (primary N) is 1. The average molecular weight is 228 g/mol. The van der Waals surface area contributed by atoms with Crippen LogP contribution in [0.15, 0.2) is 12.1 Å². The summed E-state index contributed by atoms with van der Waals surface area (Å²) in [7, 11) is 1.73. The Morgan fingerprint density at radius 2 is 2.27 bits per heavy atom. The largest absolute Gasteiger partial charge is 0.385 e. The van der Waals surface area contributed by atoms with Gasteiger partial charge in [0.25, 0.3) is 0 Å². The number of hydrogen-bond acceptors (Lipinski definition) is 4. The lowest BCUT2D eigenvalue weighted by Gasteiger charge is -2.21. The zero-order chi connectivity index (χ0) is 11.3. The van der Waals surface area contributed by atoms with Gasteiger partial charge in [-0.05, 0) is 31.4 Å². The zero-order valence-electron chi connectivity index (χ0n) is 9.62. The molecule has 0 radical (unpaired) electrons. The maximum Gasteiger partial charge on any atom is 0.0579 e. The third kappa shape index (κ3) is 3.57. The molecule has 2 atom stereocenters. The monoisotopic (exact) mass is 228 g/mol. The number of methoxy groups -OCH3 is 1. The predicted octanol–water partition coefficient (Wildman–Crippen LogP) is 2.23. The predicted molar refractivity (Wildman–Crippen MR) is 64.8 cm³/mol. The standard InChI is InChI=1S/C11H20N2OS/c1-8(6-7-14-3)11(13-12)10-5-4-9(2)15-10/h4-5,8,11,13H,6-7,12H2,1-3H3. The van der Waals surface area contributed by atoms with Crippen molar-refractivity contribution in [3.63, 3.8) is 0 Å². The van der Waals surface area contributed by atoms with Crippen LogP contribution in [-0.2, 0) is 4.74 Å².